The van der Waals surface area contributed by atoms with Crippen molar-refractivity contribution in [2.45, 2.75) is 6.42 Å². The van der Waals surface area contributed by atoms with Crippen LogP contribution in [-0.4, -0.2) is 32.9 Å². The summed E-state index contributed by atoms with van der Waals surface area (Å²) < 4.78 is 15.7. The van der Waals surface area contributed by atoms with Crippen LogP contribution in [0.5, 0.6) is 17.2 Å². The lowest BCUT2D eigenvalue weighted by Gasteiger charge is -2.13. The van der Waals surface area contributed by atoms with Crippen molar-refractivity contribution in [2.75, 3.05) is 21.3 Å². The van der Waals surface area contributed by atoms with E-state index >= 15 is 0 Å². The third-order valence-electron chi connectivity index (χ3n) is 3.38. The first-order valence-electron chi connectivity index (χ1n) is 7.02. The monoisotopic (exact) mass is 314 g/mol. The number of Topliss-reactive ketones (excluding diaryl/α,β-unsaturated/α-hetero) is 2. The number of hydrogen-bond donors (Lipinski definition) is 0. The van der Waals surface area contributed by atoms with Gasteiger partial charge in [0.05, 0.1) is 21.3 Å². The topological polar surface area (TPSA) is 61.8 Å². The molecule has 5 nitrogen and oxygen atoms in total. The van der Waals surface area contributed by atoms with Gasteiger partial charge in [0, 0.05) is 12.0 Å². The van der Waals surface area contributed by atoms with Gasteiger partial charge in [0.15, 0.2) is 11.5 Å². The minimum absolute atomic E-state index is 0.0373. The number of ketones is 2. The highest BCUT2D eigenvalue weighted by molar-refractivity contribution is 6.44. The molecule has 0 bridgehead atoms. The molecule has 0 unspecified atom stereocenters. The molecule has 0 saturated carbocycles. The van der Waals surface area contributed by atoms with Crippen LogP contribution in [0.2, 0.25) is 0 Å². The zero-order valence-corrected chi connectivity index (χ0v) is 13.3. The Morgan fingerprint density at radius 3 is 1.91 bits per heavy atom. The van der Waals surface area contributed by atoms with Crippen LogP contribution in [0.1, 0.15) is 15.9 Å². The summed E-state index contributed by atoms with van der Waals surface area (Å²) in [7, 11) is 4.50. The number of ether oxygens (including phenoxy) is 3. The van der Waals surface area contributed by atoms with Crippen LogP contribution in [0, 0.1) is 0 Å². The van der Waals surface area contributed by atoms with Crippen molar-refractivity contribution in [3.8, 4) is 17.2 Å². The normalized spacial score (nSPS) is 10.0. The number of benzene rings is 2. The van der Waals surface area contributed by atoms with Crippen LogP contribution in [0.25, 0.3) is 0 Å². The molecule has 2 aromatic carbocycles. The molecule has 0 aliphatic carbocycles. The lowest BCUT2D eigenvalue weighted by Crippen LogP contribution is -2.16. The summed E-state index contributed by atoms with van der Waals surface area (Å²) in [6, 6.07) is 11.8. The van der Waals surface area contributed by atoms with E-state index in [1.54, 1.807) is 42.5 Å². The van der Waals surface area contributed by atoms with Crippen molar-refractivity contribution in [2.24, 2.45) is 0 Å². The van der Waals surface area contributed by atoms with E-state index in [9.17, 15) is 9.59 Å². The predicted molar refractivity (Wildman–Crippen MR) is 85.6 cm³/mol. The van der Waals surface area contributed by atoms with Crippen LogP contribution in [-0.2, 0) is 11.2 Å². The van der Waals surface area contributed by atoms with Gasteiger partial charge in [0.2, 0.25) is 17.3 Å². The minimum atomic E-state index is -0.514. The Bertz CT molecular complexity index is 682. The van der Waals surface area contributed by atoms with Crippen LogP contribution in [0.3, 0.4) is 0 Å². The van der Waals surface area contributed by atoms with E-state index in [1.807, 2.05) is 0 Å². The van der Waals surface area contributed by atoms with Crippen LogP contribution >= 0.6 is 0 Å². The number of rotatable bonds is 7. The van der Waals surface area contributed by atoms with Crippen molar-refractivity contribution in [3.05, 3.63) is 53.6 Å². The van der Waals surface area contributed by atoms with Crippen LogP contribution in [0.15, 0.2) is 42.5 Å². The first-order valence-corrected chi connectivity index (χ1v) is 7.02. The van der Waals surface area contributed by atoms with Crippen molar-refractivity contribution in [1.82, 2.24) is 0 Å². The molecule has 0 fully saturated rings. The SMILES string of the molecule is COc1cc(CC(=O)C(=O)c2ccccc2)cc(OC)c1OC. The molecule has 0 aliphatic rings. The minimum Gasteiger partial charge on any atom is -0.493 e. The fourth-order valence-corrected chi connectivity index (χ4v) is 2.25. The number of hydrogen-bond acceptors (Lipinski definition) is 5. The lowest BCUT2D eigenvalue weighted by molar-refractivity contribution is -0.114. The lowest BCUT2D eigenvalue weighted by atomic mass is 10.0. The molecule has 2 rings (SSSR count). The fourth-order valence-electron chi connectivity index (χ4n) is 2.25. The van der Waals surface area contributed by atoms with E-state index in [0.29, 0.717) is 28.4 Å². The highest BCUT2D eigenvalue weighted by Gasteiger charge is 2.19. The summed E-state index contributed by atoms with van der Waals surface area (Å²) in [5.41, 5.74) is 0.999. The Hall–Kier alpha value is -2.82. The second-order valence-electron chi connectivity index (χ2n) is 4.83. The van der Waals surface area contributed by atoms with E-state index in [1.165, 1.54) is 21.3 Å². The van der Waals surface area contributed by atoms with Crippen LogP contribution < -0.4 is 14.2 Å². The molecule has 2 aromatic rings. The van der Waals surface area contributed by atoms with E-state index in [-0.39, 0.29) is 6.42 Å². The van der Waals surface area contributed by atoms with Gasteiger partial charge in [-0.2, -0.15) is 0 Å². The van der Waals surface area contributed by atoms with Crippen molar-refractivity contribution < 1.29 is 23.8 Å². The smallest absolute Gasteiger partial charge is 0.228 e. The molecule has 0 saturated heterocycles. The maximum Gasteiger partial charge on any atom is 0.228 e. The highest BCUT2D eigenvalue weighted by atomic mass is 16.5. The molecular formula is C18H18O5. The average molecular weight is 314 g/mol. The Kier molecular flexibility index (Phi) is 5.36. The van der Waals surface area contributed by atoms with Gasteiger partial charge in [-0.05, 0) is 17.7 Å². The van der Waals surface area contributed by atoms with Crippen molar-refractivity contribution >= 4 is 11.6 Å². The van der Waals surface area contributed by atoms with Gasteiger partial charge in [0.25, 0.3) is 0 Å². The van der Waals surface area contributed by atoms with Gasteiger partial charge >= 0.3 is 0 Å². The molecule has 0 N–H and O–H groups in total. The summed E-state index contributed by atoms with van der Waals surface area (Å²) in [6.07, 6.45) is -0.0373. The predicted octanol–water partition coefficient (Wildman–Crippen LogP) is 2.71. The molecule has 0 amide bonds. The second kappa shape index (κ2) is 7.45. The van der Waals surface area contributed by atoms with Crippen molar-refractivity contribution in [1.29, 1.82) is 0 Å². The highest BCUT2D eigenvalue weighted by Crippen LogP contribution is 2.38. The Balaban J connectivity index is 2.26. The van der Waals surface area contributed by atoms with Gasteiger partial charge in [0.1, 0.15) is 0 Å². The van der Waals surface area contributed by atoms with Gasteiger partial charge < -0.3 is 14.2 Å². The maximum atomic E-state index is 12.2. The number of carbonyl (C=O) groups is 2. The Morgan fingerprint density at radius 2 is 1.43 bits per heavy atom. The molecule has 0 atom stereocenters. The third kappa shape index (κ3) is 3.69. The van der Waals surface area contributed by atoms with Gasteiger partial charge in [-0.1, -0.05) is 30.3 Å². The number of carbonyl (C=O) groups excluding carboxylic acids is 2. The summed E-state index contributed by atoms with van der Waals surface area (Å²) >= 11 is 0. The number of methoxy groups -OCH3 is 3. The molecular weight excluding hydrogens is 296 g/mol. The quantitative estimate of drug-likeness (QED) is 0.581. The summed E-state index contributed by atoms with van der Waals surface area (Å²) in [5, 5.41) is 0. The molecule has 0 aliphatic heterocycles. The van der Waals surface area contributed by atoms with E-state index in [4.69, 9.17) is 14.2 Å². The van der Waals surface area contributed by atoms with Crippen molar-refractivity contribution in [3.63, 3.8) is 0 Å². The van der Waals surface area contributed by atoms with Gasteiger partial charge in [-0.3, -0.25) is 9.59 Å². The molecule has 0 radical (unpaired) electrons. The Labute approximate surface area is 134 Å². The molecule has 5 heteroatoms. The zero-order valence-electron chi connectivity index (χ0n) is 13.3. The largest absolute Gasteiger partial charge is 0.493 e. The van der Waals surface area contributed by atoms with E-state index in [0.717, 1.165) is 0 Å². The molecule has 23 heavy (non-hydrogen) atoms. The maximum absolute atomic E-state index is 12.2. The second-order valence-corrected chi connectivity index (χ2v) is 4.83. The van der Waals surface area contributed by atoms with Gasteiger partial charge in [-0.15, -0.1) is 0 Å². The summed E-state index contributed by atoms with van der Waals surface area (Å²) in [6.45, 7) is 0. The zero-order chi connectivity index (χ0) is 16.8. The molecule has 0 spiro atoms. The fraction of sp³-hybridized carbons (Fsp3) is 0.222. The molecule has 120 valence electrons. The standard InChI is InChI=1S/C18H18O5/c1-21-15-10-12(11-16(22-2)18(15)23-3)9-14(19)17(20)13-7-5-4-6-8-13/h4-8,10-11H,9H2,1-3H3. The van der Waals surface area contributed by atoms with E-state index < -0.39 is 11.6 Å². The van der Waals surface area contributed by atoms with Gasteiger partial charge in [-0.25, -0.2) is 0 Å². The van der Waals surface area contributed by atoms with E-state index in [2.05, 4.69) is 0 Å². The Morgan fingerprint density at radius 1 is 0.870 bits per heavy atom. The first kappa shape index (κ1) is 16.5. The average Bonchev–Trinajstić information content (AvgIpc) is 2.60. The summed E-state index contributed by atoms with van der Waals surface area (Å²) in [4.78, 5) is 24.3. The third-order valence-corrected chi connectivity index (χ3v) is 3.38. The molecule has 0 heterocycles. The van der Waals surface area contributed by atoms with Crippen LogP contribution in [0.4, 0.5) is 0 Å². The first-order chi connectivity index (χ1) is 11.1. The molecule has 0 aromatic heterocycles. The summed E-state index contributed by atoms with van der Waals surface area (Å²) in [5.74, 6) is 0.328.